The van der Waals surface area contributed by atoms with Crippen LogP contribution in [0.4, 0.5) is 0 Å². The largest absolute Gasteiger partial charge is 0.372 e. The highest BCUT2D eigenvalue weighted by molar-refractivity contribution is 5.33. The van der Waals surface area contributed by atoms with Crippen LogP contribution in [0.2, 0.25) is 0 Å². The van der Waals surface area contributed by atoms with Crippen molar-refractivity contribution >= 4 is 0 Å². The van der Waals surface area contributed by atoms with E-state index in [2.05, 4.69) is 44.3 Å². The molecule has 2 heteroatoms. The average molecular weight is 275 g/mol. The molecule has 0 amide bonds. The number of benzene rings is 1. The van der Waals surface area contributed by atoms with Crippen LogP contribution in [0.5, 0.6) is 0 Å². The third-order valence-corrected chi connectivity index (χ3v) is 4.28. The van der Waals surface area contributed by atoms with Gasteiger partial charge in [0.25, 0.3) is 0 Å². The van der Waals surface area contributed by atoms with Crippen LogP contribution in [0.3, 0.4) is 0 Å². The van der Waals surface area contributed by atoms with Crippen LogP contribution >= 0.6 is 0 Å². The number of nitrogens with one attached hydrogen (secondary N) is 1. The van der Waals surface area contributed by atoms with Gasteiger partial charge < -0.3 is 10.1 Å². The van der Waals surface area contributed by atoms with Crippen LogP contribution in [0, 0.1) is 5.41 Å². The maximum Gasteiger partial charge on any atom is 0.0725 e. The number of ether oxygens (including phenoxy) is 1. The van der Waals surface area contributed by atoms with Crippen LogP contribution in [0.15, 0.2) is 18.2 Å². The van der Waals surface area contributed by atoms with Crippen molar-refractivity contribution in [1.29, 1.82) is 0 Å². The Morgan fingerprint density at radius 1 is 1.10 bits per heavy atom. The van der Waals surface area contributed by atoms with Crippen molar-refractivity contribution in [2.45, 2.75) is 59.7 Å². The molecule has 112 valence electrons. The summed E-state index contributed by atoms with van der Waals surface area (Å²) in [5, 5.41) is 3.51. The van der Waals surface area contributed by atoms with Gasteiger partial charge in [-0.15, -0.1) is 0 Å². The summed E-state index contributed by atoms with van der Waals surface area (Å²) in [5.74, 6) is 0. The molecule has 0 aromatic heterocycles. The van der Waals surface area contributed by atoms with Gasteiger partial charge in [0.2, 0.25) is 0 Å². The molecular formula is C18H29NO. The quantitative estimate of drug-likeness (QED) is 0.722. The molecule has 1 aliphatic rings. The Bertz CT molecular complexity index is 425. The van der Waals surface area contributed by atoms with Gasteiger partial charge in [-0.2, -0.15) is 0 Å². The van der Waals surface area contributed by atoms with Gasteiger partial charge >= 0.3 is 0 Å². The smallest absolute Gasteiger partial charge is 0.0725 e. The number of hydrogen-bond acceptors (Lipinski definition) is 2. The predicted molar refractivity (Wildman–Crippen MR) is 84.8 cm³/mol. The van der Waals surface area contributed by atoms with Crippen LogP contribution in [-0.4, -0.2) is 13.1 Å². The van der Waals surface area contributed by atoms with E-state index in [1.165, 1.54) is 42.4 Å². The van der Waals surface area contributed by atoms with Crippen molar-refractivity contribution in [3.63, 3.8) is 0 Å². The third-order valence-electron chi connectivity index (χ3n) is 4.28. The minimum absolute atomic E-state index is 0.413. The highest BCUT2D eigenvalue weighted by atomic mass is 16.5. The molecular weight excluding hydrogens is 246 g/mol. The summed E-state index contributed by atoms with van der Waals surface area (Å²) in [6.07, 6.45) is 4.90. The summed E-state index contributed by atoms with van der Waals surface area (Å²) >= 11 is 0. The van der Waals surface area contributed by atoms with Crippen molar-refractivity contribution in [1.82, 2.24) is 5.32 Å². The molecule has 0 spiro atoms. The molecule has 1 heterocycles. The Morgan fingerprint density at radius 3 is 2.70 bits per heavy atom. The van der Waals surface area contributed by atoms with E-state index in [0.717, 1.165) is 26.3 Å². The zero-order valence-corrected chi connectivity index (χ0v) is 13.3. The van der Waals surface area contributed by atoms with Crippen molar-refractivity contribution < 1.29 is 4.74 Å². The van der Waals surface area contributed by atoms with Gasteiger partial charge in [-0.1, -0.05) is 39.0 Å². The van der Waals surface area contributed by atoms with E-state index in [4.69, 9.17) is 4.74 Å². The fraction of sp³-hybridized carbons (Fsp3) is 0.667. The van der Waals surface area contributed by atoms with Gasteiger partial charge in [-0.25, -0.2) is 0 Å². The van der Waals surface area contributed by atoms with E-state index in [1.807, 2.05) is 0 Å². The Labute approximate surface area is 123 Å². The summed E-state index contributed by atoms with van der Waals surface area (Å²) in [6.45, 7) is 10.9. The number of hydrogen-bond donors (Lipinski definition) is 1. The Hall–Kier alpha value is -0.860. The first-order valence-corrected chi connectivity index (χ1v) is 8.00. The molecule has 20 heavy (non-hydrogen) atoms. The third kappa shape index (κ3) is 4.60. The van der Waals surface area contributed by atoms with E-state index >= 15 is 0 Å². The van der Waals surface area contributed by atoms with Gasteiger partial charge in [0.15, 0.2) is 0 Å². The van der Waals surface area contributed by atoms with Crippen molar-refractivity contribution in [3.8, 4) is 0 Å². The summed E-state index contributed by atoms with van der Waals surface area (Å²) in [6, 6.07) is 6.86. The zero-order valence-electron chi connectivity index (χ0n) is 13.3. The second-order valence-corrected chi connectivity index (χ2v) is 6.76. The van der Waals surface area contributed by atoms with Crippen molar-refractivity contribution in [2.75, 3.05) is 13.1 Å². The molecule has 0 saturated heterocycles. The molecule has 1 aliphatic heterocycles. The Morgan fingerprint density at radius 2 is 1.90 bits per heavy atom. The molecule has 0 bridgehead atoms. The lowest BCUT2D eigenvalue weighted by molar-refractivity contribution is 0.134. The van der Waals surface area contributed by atoms with Gasteiger partial charge in [-0.05, 0) is 60.9 Å². The topological polar surface area (TPSA) is 21.3 Å². The maximum atomic E-state index is 5.48. The first-order valence-electron chi connectivity index (χ1n) is 8.00. The Kier molecular flexibility index (Phi) is 5.62. The van der Waals surface area contributed by atoms with E-state index in [0.29, 0.717) is 5.41 Å². The lowest BCUT2D eigenvalue weighted by Crippen LogP contribution is -2.23. The SMILES string of the molecule is CCCNCCC(C)(C)CCc1ccc2c(c1)COC2. The number of aryl methyl sites for hydroxylation is 1. The fourth-order valence-corrected chi connectivity index (χ4v) is 2.72. The lowest BCUT2D eigenvalue weighted by Gasteiger charge is -2.25. The van der Waals surface area contributed by atoms with Gasteiger partial charge in [0.1, 0.15) is 0 Å². The second-order valence-electron chi connectivity index (χ2n) is 6.76. The predicted octanol–water partition coefficient (Wildman–Crippen LogP) is 4.07. The van der Waals surface area contributed by atoms with Crippen LogP contribution in [0.1, 0.15) is 56.7 Å². The normalized spacial score (nSPS) is 14.6. The van der Waals surface area contributed by atoms with Gasteiger partial charge in [0, 0.05) is 0 Å². The molecule has 0 atom stereocenters. The molecule has 1 aromatic carbocycles. The minimum atomic E-state index is 0.413. The second kappa shape index (κ2) is 7.24. The molecule has 0 saturated carbocycles. The first-order chi connectivity index (χ1) is 9.61. The number of rotatable bonds is 8. The zero-order chi connectivity index (χ0) is 14.4. The summed E-state index contributed by atoms with van der Waals surface area (Å²) in [7, 11) is 0. The molecule has 0 aliphatic carbocycles. The summed E-state index contributed by atoms with van der Waals surface area (Å²) in [5.41, 5.74) is 4.64. The maximum absolute atomic E-state index is 5.48. The molecule has 2 rings (SSSR count). The molecule has 2 nitrogen and oxygen atoms in total. The molecule has 0 fully saturated rings. The van der Waals surface area contributed by atoms with Gasteiger partial charge in [0.05, 0.1) is 13.2 Å². The minimum Gasteiger partial charge on any atom is -0.372 e. The molecule has 0 radical (unpaired) electrons. The average Bonchev–Trinajstić information content (AvgIpc) is 2.89. The van der Waals surface area contributed by atoms with E-state index in [-0.39, 0.29) is 0 Å². The Balaban J connectivity index is 1.78. The fourth-order valence-electron chi connectivity index (χ4n) is 2.72. The van der Waals surface area contributed by atoms with E-state index < -0.39 is 0 Å². The standard InChI is InChI=1S/C18H29NO/c1-4-10-19-11-9-18(2,3)8-7-15-5-6-16-13-20-14-17(16)12-15/h5-6,12,19H,4,7-11,13-14H2,1-3H3. The molecule has 0 unspecified atom stereocenters. The van der Waals surface area contributed by atoms with Crippen LogP contribution in [-0.2, 0) is 24.4 Å². The van der Waals surface area contributed by atoms with Crippen molar-refractivity contribution in [3.05, 3.63) is 34.9 Å². The summed E-state index contributed by atoms with van der Waals surface area (Å²) < 4.78 is 5.48. The highest BCUT2D eigenvalue weighted by Crippen LogP contribution is 2.28. The molecule has 1 N–H and O–H groups in total. The van der Waals surface area contributed by atoms with Crippen LogP contribution in [0.25, 0.3) is 0 Å². The summed E-state index contributed by atoms with van der Waals surface area (Å²) in [4.78, 5) is 0. The van der Waals surface area contributed by atoms with E-state index in [9.17, 15) is 0 Å². The lowest BCUT2D eigenvalue weighted by atomic mass is 9.83. The highest BCUT2D eigenvalue weighted by Gasteiger charge is 2.18. The van der Waals surface area contributed by atoms with Crippen LogP contribution < -0.4 is 5.32 Å². The van der Waals surface area contributed by atoms with Crippen molar-refractivity contribution in [2.24, 2.45) is 5.41 Å². The number of fused-ring (bicyclic) bond motifs is 1. The van der Waals surface area contributed by atoms with E-state index in [1.54, 1.807) is 0 Å². The first kappa shape index (κ1) is 15.5. The monoisotopic (exact) mass is 275 g/mol. The van der Waals surface area contributed by atoms with Gasteiger partial charge in [-0.3, -0.25) is 0 Å². The molecule has 1 aromatic rings.